The zero-order chi connectivity index (χ0) is 14.0. The fourth-order valence-corrected chi connectivity index (χ4v) is 2.91. The number of aryl methyl sites for hydroxylation is 1. The van der Waals surface area contributed by atoms with E-state index in [4.69, 9.17) is 5.11 Å². The number of urea groups is 1. The number of rotatable bonds is 3. The summed E-state index contributed by atoms with van der Waals surface area (Å²) in [5, 5.41) is 14.6. The second-order valence-corrected chi connectivity index (χ2v) is 5.81. The van der Waals surface area contributed by atoms with Gasteiger partial charge in [0.25, 0.3) is 0 Å². The van der Waals surface area contributed by atoms with Crippen molar-refractivity contribution in [2.24, 2.45) is 11.8 Å². The molecule has 2 rings (SSSR count). The minimum atomic E-state index is -0.835. The number of amides is 2. The fraction of sp³-hybridized carbons (Fsp3) is 0.583. The van der Waals surface area contributed by atoms with Crippen LogP contribution in [0.4, 0.5) is 4.79 Å². The molecule has 6 nitrogen and oxygen atoms in total. The highest BCUT2D eigenvalue weighted by atomic mass is 32.1. The molecular weight excluding hydrogens is 266 g/mol. The Morgan fingerprint density at radius 1 is 1.58 bits per heavy atom. The van der Waals surface area contributed by atoms with Crippen molar-refractivity contribution < 1.29 is 14.7 Å². The van der Waals surface area contributed by atoms with E-state index < -0.39 is 11.9 Å². The summed E-state index contributed by atoms with van der Waals surface area (Å²) in [5.74, 6) is -1.31. The Morgan fingerprint density at radius 3 is 2.84 bits per heavy atom. The van der Waals surface area contributed by atoms with Gasteiger partial charge in [0.05, 0.1) is 12.5 Å². The van der Waals surface area contributed by atoms with E-state index in [0.29, 0.717) is 13.1 Å². The Balaban J connectivity index is 1.86. The van der Waals surface area contributed by atoms with Gasteiger partial charge in [0.1, 0.15) is 5.01 Å². The summed E-state index contributed by atoms with van der Waals surface area (Å²) < 4.78 is 0. The minimum absolute atomic E-state index is 0.00893. The van der Waals surface area contributed by atoms with Crippen LogP contribution in [0.3, 0.4) is 0 Å². The van der Waals surface area contributed by atoms with Gasteiger partial charge in [0, 0.05) is 24.2 Å². The van der Waals surface area contributed by atoms with Gasteiger partial charge >= 0.3 is 12.0 Å². The van der Waals surface area contributed by atoms with Crippen LogP contribution in [0.25, 0.3) is 0 Å². The lowest BCUT2D eigenvalue weighted by molar-refractivity contribution is -0.142. The van der Waals surface area contributed by atoms with Crippen molar-refractivity contribution in [3.05, 3.63) is 16.1 Å². The van der Waals surface area contributed by atoms with Crippen LogP contribution < -0.4 is 5.32 Å². The SMILES string of the molecule is Cc1csc(CNC(=O)N2C[C@@H](C)[C@H](C(=O)O)C2)n1. The molecule has 2 atom stereocenters. The molecule has 1 saturated heterocycles. The van der Waals surface area contributed by atoms with Gasteiger partial charge in [-0.2, -0.15) is 0 Å². The van der Waals surface area contributed by atoms with E-state index in [-0.39, 0.29) is 18.5 Å². The van der Waals surface area contributed by atoms with Gasteiger partial charge in [0.2, 0.25) is 0 Å². The smallest absolute Gasteiger partial charge is 0.317 e. The van der Waals surface area contributed by atoms with Gasteiger partial charge < -0.3 is 15.3 Å². The summed E-state index contributed by atoms with van der Waals surface area (Å²) in [4.78, 5) is 28.8. The number of thiazole rings is 1. The molecule has 0 aliphatic carbocycles. The van der Waals surface area contributed by atoms with Crippen LogP contribution in [0, 0.1) is 18.8 Å². The van der Waals surface area contributed by atoms with Gasteiger partial charge in [-0.3, -0.25) is 4.79 Å². The third-order valence-corrected chi connectivity index (χ3v) is 4.24. The third kappa shape index (κ3) is 3.23. The van der Waals surface area contributed by atoms with Crippen molar-refractivity contribution in [1.82, 2.24) is 15.2 Å². The molecule has 2 amide bonds. The Morgan fingerprint density at radius 2 is 2.32 bits per heavy atom. The van der Waals surface area contributed by atoms with Crippen LogP contribution >= 0.6 is 11.3 Å². The molecule has 1 aromatic rings. The van der Waals surface area contributed by atoms with E-state index in [1.807, 2.05) is 19.2 Å². The molecule has 1 aromatic heterocycles. The molecular formula is C12H17N3O3S. The average molecular weight is 283 g/mol. The van der Waals surface area contributed by atoms with Crippen molar-refractivity contribution in [3.8, 4) is 0 Å². The Bertz CT molecular complexity index is 488. The number of carbonyl (C=O) groups is 2. The number of hydrogen-bond donors (Lipinski definition) is 2. The number of nitrogens with one attached hydrogen (secondary N) is 1. The molecule has 104 valence electrons. The van der Waals surface area contributed by atoms with E-state index in [0.717, 1.165) is 10.7 Å². The topological polar surface area (TPSA) is 82.5 Å². The Kier molecular flexibility index (Phi) is 4.04. The number of aliphatic carboxylic acids is 1. The van der Waals surface area contributed by atoms with Crippen LogP contribution in [0.2, 0.25) is 0 Å². The highest BCUT2D eigenvalue weighted by Crippen LogP contribution is 2.23. The quantitative estimate of drug-likeness (QED) is 0.876. The molecule has 1 fully saturated rings. The monoisotopic (exact) mass is 283 g/mol. The van der Waals surface area contributed by atoms with Gasteiger partial charge in [-0.25, -0.2) is 9.78 Å². The Labute approximate surface area is 115 Å². The number of aromatic nitrogens is 1. The number of nitrogens with zero attached hydrogens (tertiary/aromatic N) is 2. The van der Waals surface area contributed by atoms with Gasteiger partial charge in [-0.05, 0) is 12.8 Å². The second kappa shape index (κ2) is 5.56. The normalized spacial score (nSPS) is 22.5. The maximum atomic E-state index is 11.9. The van der Waals surface area contributed by atoms with Crippen LogP contribution in [0.15, 0.2) is 5.38 Å². The van der Waals surface area contributed by atoms with Gasteiger partial charge in [-0.15, -0.1) is 11.3 Å². The largest absolute Gasteiger partial charge is 0.481 e. The molecule has 0 unspecified atom stereocenters. The lowest BCUT2D eigenvalue weighted by Gasteiger charge is -2.16. The zero-order valence-electron chi connectivity index (χ0n) is 10.9. The van der Waals surface area contributed by atoms with Crippen LogP contribution in [-0.2, 0) is 11.3 Å². The van der Waals surface area contributed by atoms with E-state index in [2.05, 4.69) is 10.3 Å². The predicted molar refractivity (Wildman–Crippen MR) is 70.9 cm³/mol. The summed E-state index contributed by atoms with van der Waals surface area (Å²) >= 11 is 1.50. The maximum absolute atomic E-state index is 11.9. The van der Waals surface area contributed by atoms with E-state index in [1.54, 1.807) is 4.90 Å². The molecule has 0 spiro atoms. The number of carbonyl (C=O) groups excluding carboxylic acids is 1. The molecule has 0 radical (unpaired) electrons. The molecule has 1 aliphatic rings. The van der Waals surface area contributed by atoms with Gasteiger partial charge in [-0.1, -0.05) is 6.92 Å². The molecule has 2 heterocycles. The number of carboxylic acid groups (broad SMARTS) is 1. The lowest BCUT2D eigenvalue weighted by Crippen LogP contribution is -2.38. The summed E-state index contributed by atoms with van der Waals surface area (Å²) in [5.41, 5.74) is 0.940. The highest BCUT2D eigenvalue weighted by Gasteiger charge is 2.36. The van der Waals surface area contributed by atoms with Crippen molar-refractivity contribution >= 4 is 23.3 Å². The summed E-state index contributed by atoms with van der Waals surface area (Å²) in [6.45, 7) is 4.91. The molecule has 19 heavy (non-hydrogen) atoms. The number of likely N-dealkylation sites (tertiary alicyclic amines) is 1. The van der Waals surface area contributed by atoms with E-state index >= 15 is 0 Å². The first kappa shape index (κ1) is 13.8. The van der Waals surface area contributed by atoms with E-state index in [1.165, 1.54) is 11.3 Å². The molecule has 1 aliphatic heterocycles. The van der Waals surface area contributed by atoms with Crippen LogP contribution in [0.5, 0.6) is 0 Å². The van der Waals surface area contributed by atoms with Crippen molar-refractivity contribution in [2.75, 3.05) is 13.1 Å². The predicted octanol–water partition coefficient (Wildman–Crippen LogP) is 1.31. The fourth-order valence-electron chi connectivity index (χ4n) is 2.20. The van der Waals surface area contributed by atoms with Crippen molar-refractivity contribution in [1.29, 1.82) is 0 Å². The molecule has 0 saturated carbocycles. The second-order valence-electron chi connectivity index (χ2n) is 4.87. The van der Waals surface area contributed by atoms with E-state index in [9.17, 15) is 9.59 Å². The maximum Gasteiger partial charge on any atom is 0.317 e. The molecule has 2 N–H and O–H groups in total. The van der Waals surface area contributed by atoms with Crippen LogP contribution in [-0.4, -0.2) is 40.1 Å². The summed E-state index contributed by atoms with van der Waals surface area (Å²) in [7, 11) is 0. The number of carboxylic acids is 1. The summed E-state index contributed by atoms with van der Waals surface area (Å²) in [6.07, 6.45) is 0. The molecule has 0 aromatic carbocycles. The van der Waals surface area contributed by atoms with Crippen molar-refractivity contribution in [3.63, 3.8) is 0 Å². The minimum Gasteiger partial charge on any atom is -0.481 e. The molecule has 0 bridgehead atoms. The third-order valence-electron chi connectivity index (χ3n) is 3.27. The zero-order valence-corrected chi connectivity index (χ0v) is 11.7. The van der Waals surface area contributed by atoms with Crippen molar-refractivity contribution in [2.45, 2.75) is 20.4 Å². The standard InChI is InChI=1S/C12H17N3O3S/c1-7-4-15(5-9(7)11(16)17)12(18)13-3-10-14-8(2)6-19-10/h6-7,9H,3-5H2,1-2H3,(H,13,18)(H,16,17)/t7-,9-/m1/s1. The Hall–Kier alpha value is -1.63. The lowest BCUT2D eigenvalue weighted by atomic mass is 9.99. The first-order valence-corrected chi connectivity index (χ1v) is 7.02. The highest BCUT2D eigenvalue weighted by molar-refractivity contribution is 7.09. The number of hydrogen-bond acceptors (Lipinski definition) is 4. The van der Waals surface area contributed by atoms with Gasteiger partial charge in [0.15, 0.2) is 0 Å². The van der Waals surface area contributed by atoms with Crippen LogP contribution in [0.1, 0.15) is 17.6 Å². The first-order chi connectivity index (χ1) is 8.97. The summed E-state index contributed by atoms with van der Waals surface area (Å²) in [6, 6.07) is -0.219. The first-order valence-electron chi connectivity index (χ1n) is 6.14. The average Bonchev–Trinajstić information content (AvgIpc) is 2.92. The molecule has 7 heteroatoms.